The lowest BCUT2D eigenvalue weighted by Gasteiger charge is -2.51. The van der Waals surface area contributed by atoms with Crippen molar-refractivity contribution in [2.75, 3.05) is 39.4 Å². The van der Waals surface area contributed by atoms with Crippen molar-refractivity contribution in [3.63, 3.8) is 0 Å². The normalized spacial score (nSPS) is 23.5. The van der Waals surface area contributed by atoms with E-state index in [0.29, 0.717) is 25.6 Å². The van der Waals surface area contributed by atoms with Gasteiger partial charge < -0.3 is 30.1 Å². The van der Waals surface area contributed by atoms with Crippen LogP contribution in [0.2, 0.25) is 0 Å². The molecule has 1 aromatic carbocycles. The summed E-state index contributed by atoms with van der Waals surface area (Å²) in [5, 5.41) is 6.23. The summed E-state index contributed by atoms with van der Waals surface area (Å²) in [7, 11) is 0. The van der Waals surface area contributed by atoms with E-state index in [4.69, 9.17) is 15.0 Å². The SMILES string of the molecule is CC(C)C[C@H](NC(=O)[C@H](Cc1ccccc1)NC(=O)c1cnccn1)[B-]12OCC[N+]1(CCCCCCN)CCO2. The third-order valence-electron chi connectivity index (χ3n) is 8.37. The zero-order chi connectivity index (χ0) is 28.4. The van der Waals surface area contributed by atoms with Gasteiger partial charge in [0.15, 0.2) is 0 Å². The number of rotatable bonds is 15. The molecule has 2 aliphatic heterocycles. The van der Waals surface area contributed by atoms with Crippen LogP contribution in [0.5, 0.6) is 0 Å². The van der Waals surface area contributed by atoms with Crippen LogP contribution in [0.15, 0.2) is 48.9 Å². The van der Waals surface area contributed by atoms with Gasteiger partial charge in [0.2, 0.25) is 5.91 Å². The van der Waals surface area contributed by atoms with E-state index < -0.39 is 18.6 Å². The zero-order valence-electron chi connectivity index (χ0n) is 24.0. The summed E-state index contributed by atoms with van der Waals surface area (Å²) in [5.74, 6) is -0.698. The number of aromatic nitrogens is 2. The van der Waals surface area contributed by atoms with Gasteiger partial charge in [-0.05, 0) is 37.3 Å². The number of carbonyl (C=O) groups excluding carboxylic acids is 2. The van der Waals surface area contributed by atoms with Crippen molar-refractivity contribution < 1.29 is 23.3 Å². The number of amides is 2. The van der Waals surface area contributed by atoms with Crippen LogP contribution in [-0.4, -0.2) is 84.2 Å². The first kappa shape index (κ1) is 30.1. The van der Waals surface area contributed by atoms with Gasteiger partial charge in [-0.25, -0.2) is 4.98 Å². The molecule has 1 aromatic heterocycles. The fourth-order valence-electron chi connectivity index (χ4n) is 6.42. The molecule has 0 unspecified atom stereocenters. The number of nitrogens with one attached hydrogen (secondary N) is 2. The van der Waals surface area contributed by atoms with Crippen LogP contribution in [-0.2, 0) is 20.5 Å². The summed E-state index contributed by atoms with van der Waals surface area (Å²) >= 11 is 0. The summed E-state index contributed by atoms with van der Waals surface area (Å²) in [6.07, 6.45) is 9.79. The molecule has 0 spiro atoms. The van der Waals surface area contributed by atoms with E-state index in [-0.39, 0.29) is 17.5 Å². The van der Waals surface area contributed by atoms with Gasteiger partial charge in [0.1, 0.15) is 11.7 Å². The van der Waals surface area contributed by atoms with E-state index in [9.17, 15) is 9.59 Å². The Morgan fingerprint density at radius 3 is 2.40 bits per heavy atom. The van der Waals surface area contributed by atoms with Gasteiger partial charge in [-0.2, -0.15) is 0 Å². The van der Waals surface area contributed by atoms with Crippen molar-refractivity contribution in [3.05, 3.63) is 60.2 Å². The summed E-state index contributed by atoms with van der Waals surface area (Å²) in [6.45, 7) is 7.18. The van der Waals surface area contributed by atoms with Gasteiger partial charge in [0, 0.05) is 31.3 Å². The predicted molar refractivity (Wildman–Crippen MR) is 155 cm³/mol. The summed E-state index contributed by atoms with van der Waals surface area (Å²) in [6, 6.07) is 8.89. The first-order valence-corrected chi connectivity index (χ1v) is 14.8. The second-order valence-corrected chi connectivity index (χ2v) is 11.6. The van der Waals surface area contributed by atoms with Gasteiger partial charge in [-0.15, -0.1) is 0 Å². The Labute approximate surface area is 238 Å². The van der Waals surface area contributed by atoms with Crippen molar-refractivity contribution in [1.29, 1.82) is 0 Å². The minimum absolute atomic E-state index is 0.165. The maximum Gasteiger partial charge on any atom is 0.494 e. The van der Waals surface area contributed by atoms with Crippen LogP contribution >= 0.6 is 0 Å². The second kappa shape index (κ2) is 14.2. The molecule has 218 valence electrons. The van der Waals surface area contributed by atoms with Crippen LogP contribution in [0.4, 0.5) is 0 Å². The zero-order valence-corrected chi connectivity index (χ0v) is 24.0. The molecule has 0 bridgehead atoms. The second-order valence-electron chi connectivity index (χ2n) is 11.6. The number of nitrogens with zero attached hydrogens (tertiary/aromatic N) is 3. The summed E-state index contributed by atoms with van der Waals surface area (Å²) in [4.78, 5) is 35.2. The van der Waals surface area contributed by atoms with E-state index >= 15 is 0 Å². The highest BCUT2D eigenvalue weighted by Gasteiger charge is 2.62. The standard InChI is InChI=1S/C29H45BN6O4/c1-23(2)20-27(30-36(16-18-39-30,17-19-40-30)15-9-4-3-8-12-31)35-28(37)25(21-24-10-6-5-7-11-24)34-29(38)26-22-32-13-14-33-26/h5-7,10-11,13-14,22-23,25,27H,3-4,8-9,12,15-21,31H2,1-2H3,(H,34,38)(H,35,37)/t25-,27-,30?,36?/m0/s1. The Morgan fingerprint density at radius 1 is 1.02 bits per heavy atom. The number of quaternary nitrogens is 1. The molecule has 2 fully saturated rings. The minimum Gasteiger partial charge on any atom is -0.508 e. The number of hydrogen-bond acceptors (Lipinski definition) is 7. The monoisotopic (exact) mass is 552 g/mol. The fraction of sp³-hybridized carbons (Fsp3) is 0.586. The van der Waals surface area contributed by atoms with E-state index in [1.807, 2.05) is 30.3 Å². The van der Waals surface area contributed by atoms with Crippen LogP contribution in [0.25, 0.3) is 0 Å². The molecule has 10 nitrogen and oxygen atoms in total. The highest BCUT2D eigenvalue weighted by Crippen LogP contribution is 2.39. The number of unbranched alkanes of at least 4 members (excludes halogenated alkanes) is 3. The lowest BCUT2D eigenvalue weighted by atomic mass is 9.57. The Hall–Kier alpha value is -2.86. The summed E-state index contributed by atoms with van der Waals surface area (Å²) < 4.78 is 13.8. The Morgan fingerprint density at radius 2 is 1.75 bits per heavy atom. The predicted octanol–water partition coefficient (Wildman–Crippen LogP) is 2.22. The van der Waals surface area contributed by atoms with Crippen LogP contribution in [0, 0.1) is 5.92 Å². The maximum absolute atomic E-state index is 14.0. The smallest absolute Gasteiger partial charge is 0.494 e. The van der Waals surface area contributed by atoms with Gasteiger partial charge in [0.05, 0.1) is 32.5 Å². The topological polar surface area (TPSA) is 128 Å². The largest absolute Gasteiger partial charge is 0.508 e. The molecule has 0 aliphatic carbocycles. The molecule has 2 saturated heterocycles. The first-order chi connectivity index (χ1) is 19.4. The molecule has 3 heterocycles. The quantitative estimate of drug-likeness (QED) is 0.228. The number of fused-ring (bicyclic) bond motifs is 1. The van der Waals surface area contributed by atoms with E-state index in [1.54, 1.807) is 0 Å². The van der Waals surface area contributed by atoms with E-state index in [0.717, 1.165) is 68.2 Å². The van der Waals surface area contributed by atoms with E-state index in [2.05, 4.69) is 34.4 Å². The van der Waals surface area contributed by atoms with Crippen LogP contribution in [0.3, 0.4) is 0 Å². The Bertz CT molecular complexity index is 1080. The molecular weight excluding hydrogens is 507 g/mol. The molecule has 0 saturated carbocycles. The van der Waals surface area contributed by atoms with E-state index in [1.165, 1.54) is 18.6 Å². The van der Waals surface area contributed by atoms with Crippen LogP contribution < -0.4 is 16.4 Å². The van der Waals surface area contributed by atoms with Gasteiger partial charge in [-0.3, -0.25) is 14.6 Å². The number of carbonyl (C=O) groups is 2. The number of nitrogens with two attached hydrogens (primary N) is 1. The van der Waals surface area contributed by atoms with Crippen molar-refractivity contribution >= 4 is 18.5 Å². The first-order valence-electron chi connectivity index (χ1n) is 14.8. The third kappa shape index (κ3) is 7.07. The van der Waals surface area contributed by atoms with Crippen molar-refractivity contribution in [2.24, 2.45) is 11.7 Å². The molecule has 2 amide bonds. The Balaban J connectivity index is 1.56. The number of benzene rings is 1. The van der Waals surface area contributed by atoms with Crippen LogP contribution in [0.1, 0.15) is 62.0 Å². The highest BCUT2D eigenvalue weighted by atomic mass is 16.6. The third-order valence-corrected chi connectivity index (χ3v) is 8.37. The highest BCUT2D eigenvalue weighted by molar-refractivity contribution is 6.63. The molecule has 2 aromatic rings. The van der Waals surface area contributed by atoms with Gasteiger partial charge in [-0.1, -0.05) is 57.0 Å². The Kier molecular flexibility index (Phi) is 10.7. The molecule has 40 heavy (non-hydrogen) atoms. The molecular formula is C29H45BN6O4. The van der Waals surface area contributed by atoms with Crippen molar-refractivity contribution in [1.82, 2.24) is 20.6 Å². The molecule has 11 heteroatoms. The average Bonchev–Trinajstić information content (AvgIpc) is 3.49. The minimum atomic E-state index is -1.80. The molecule has 2 atom stereocenters. The van der Waals surface area contributed by atoms with Gasteiger partial charge >= 0.3 is 6.69 Å². The van der Waals surface area contributed by atoms with Crippen molar-refractivity contribution in [3.8, 4) is 0 Å². The molecule has 4 N–H and O–H groups in total. The molecule has 2 aliphatic rings. The molecule has 4 rings (SSSR count). The lowest BCUT2D eigenvalue weighted by molar-refractivity contribution is -0.823. The molecule has 0 radical (unpaired) electrons. The van der Waals surface area contributed by atoms with Gasteiger partial charge in [0.25, 0.3) is 5.91 Å². The maximum atomic E-state index is 14.0. The summed E-state index contributed by atoms with van der Waals surface area (Å²) in [5.41, 5.74) is 6.81. The lowest BCUT2D eigenvalue weighted by Crippen LogP contribution is -2.73. The average molecular weight is 553 g/mol. The number of hydrogen-bond donors (Lipinski definition) is 3. The van der Waals surface area contributed by atoms with Crippen molar-refractivity contribution in [2.45, 2.75) is 64.4 Å². The fourth-order valence-corrected chi connectivity index (χ4v) is 6.42.